The highest BCUT2D eigenvalue weighted by molar-refractivity contribution is 5.78. The first kappa shape index (κ1) is 15.4. The fraction of sp³-hybridized carbons (Fsp3) is 0.500. The smallest absolute Gasteiger partial charge is 0.191 e. The molecule has 1 aromatic carbocycles. The first-order valence-corrected chi connectivity index (χ1v) is 6.44. The third kappa shape index (κ3) is 4.21. The van der Waals surface area contributed by atoms with Crippen LogP contribution in [0, 0.1) is 5.82 Å². The molecule has 0 aromatic heterocycles. The van der Waals surface area contributed by atoms with Crippen LogP contribution in [0.1, 0.15) is 26.3 Å². The van der Waals surface area contributed by atoms with Gasteiger partial charge in [-0.15, -0.1) is 0 Å². The molecule has 0 fully saturated rings. The van der Waals surface area contributed by atoms with Gasteiger partial charge in [0.1, 0.15) is 11.4 Å². The van der Waals surface area contributed by atoms with Crippen LogP contribution in [0.4, 0.5) is 4.39 Å². The molecule has 0 saturated heterocycles. The Balaban J connectivity index is 2.79. The number of nitrogens with zero attached hydrogens (tertiary/aromatic N) is 2. The SMILES string of the molecule is CCN(CC)C(N)=NCC(C)(O)c1ccc(F)cc1. The molecule has 0 aliphatic carbocycles. The van der Waals surface area contributed by atoms with Crippen LogP contribution in [-0.4, -0.2) is 35.6 Å². The molecule has 5 heteroatoms. The molecule has 19 heavy (non-hydrogen) atoms. The topological polar surface area (TPSA) is 61.8 Å². The number of rotatable bonds is 5. The Morgan fingerprint density at radius 1 is 1.32 bits per heavy atom. The molecule has 4 nitrogen and oxygen atoms in total. The molecule has 0 heterocycles. The van der Waals surface area contributed by atoms with Crippen LogP contribution in [-0.2, 0) is 5.60 Å². The molecule has 0 bridgehead atoms. The lowest BCUT2D eigenvalue weighted by atomic mass is 9.96. The summed E-state index contributed by atoms with van der Waals surface area (Å²) >= 11 is 0. The Kier molecular flexibility index (Phi) is 5.30. The number of hydrogen-bond acceptors (Lipinski definition) is 2. The van der Waals surface area contributed by atoms with E-state index >= 15 is 0 Å². The van der Waals surface area contributed by atoms with Crippen LogP contribution in [0.25, 0.3) is 0 Å². The Bertz CT molecular complexity index is 425. The van der Waals surface area contributed by atoms with E-state index in [0.717, 1.165) is 13.1 Å². The van der Waals surface area contributed by atoms with Gasteiger partial charge in [0, 0.05) is 13.1 Å². The first-order valence-electron chi connectivity index (χ1n) is 6.44. The Hall–Kier alpha value is -1.62. The second kappa shape index (κ2) is 6.52. The van der Waals surface area contributed by atoms with Gasteiger partial charge in [0.15, 0.2) is 5.96 Å². The molecule has 3 N–H and O–H groups in total. The zero-order chi connectivity index (χ0) is 14.5. The molecule has 0 spiro atoms. The fourth-order valence-corrected chi connectivity index (χ4v) is 1.78. The molecule has 0 aliphatic rings. The zero-order valence-electron chi connectivity index (χ0n) is 11.7. The van der Waals surface area contributed by atoms with Gasteiger partial charge in [-0.3, -0.25) is 0 Å². The number of nitrogens with two attached hydrogens (primary N) is 1. The number of aliphatic imine (C=N–C) groups is 1. The average Bonchev–Trinajstić information content (AvgIpc) is 2.38. The van der Waals surface area contributed by atoms with E-state index in [1.807, 2.05) is 18.7 Å². The molecule has 1 rings (SSSR count). The summed E-state index contributed by atoms with van der Waals surface area (Å²) in [4.78, 5) is 6.12. The Labute approximate surface area is 113 Å². The molecular weight excluding hydrogens is 245 g/mol. The molecule has 0 amide bonds. The number of aliphatic hydroxyl groups is 1. The molecular formula is C14H22FN3O. The molecule has 1 aromatic rings. The Morgan fingerprint density at radius 3 is 2.32 bits per heavy atom. The highest BCUT2D eigenvalue weighted by atomic mass is 19.1. The monoisotopic (exact) mass is 267 g/mol. The fourth-order valence-electron chi connectivity index (χ4n) is 1.78. The summed E-state index contributed by atoms with van der Waals surface area (Å²) in [5, 5.41) is 10.3. The summed E-state index contributed by atoms with van der Waals surface area (Å²) in [6.07, 6.45) is 0. The van der Waals surface area contributed by atoms with E-state index in [9.17, 15) is 9.50 Å². The van der Waals surface area contributed by atoms with Gasteiger partial charge in [-0.2, -0.15) is 0 Å². The van der Waals surface area contributed by atoms with Crippen molar-refractivity contribution in [2.24, 2.45) is 10.7 Å². The standard InChI is InChI=1S/C14H22FN3O/c1-4-18(5-2)13(16)17-10-14(3,19)11-6-8-12(15)9-7-11/h6-9,19H,4-5,10H2,1-3H3,(H2,16,17). The van der Waals surface area contributed by atoms with Gasteiger partial charge in [-0.25, -0.2) is 9.38 Å². The largest absolute Gasteiger partial charge is 0.384 e. The van der Waals surface area contributed by atoms with E-state index in [1.54, 1.807) is 19.1 Å². The maximum atomic E-state index is 12.9. The molecule has 0 aliphatic heterocycles. The second-order valence-electron chi connectivity index (χ2n) is 4.63. The minimum atomic E-state index is -1.16. The third-order valence-corrected chi connectivity index (χ3v) is 3.10. The van der Waals surface area contributed by atoms with Gasteiger partial charge in [0.2, 0.25) is 0 Å². The molecule has 1 atom stereocenters. The number of halogens is 1. The van der Waals surface area contributed by atoms with Gasteiger partial charge >= 0.3 is 0 Å². The van der Waals surface area contributed by atoms with Gasteiger partial charge in [-0.1, -0.05) is 12.1 Å². The van der Waals surface area contributed by atoms with Crippen molar-refractivity contribution in [3.05, 3.63) is 35.6 Å². The predicted octanol–water partition coefficient (Wildman–Crippen LogP) is 1.69. The second-order valence-corrected chi connectivity index (χ2v) is 4.63. The summed E-state index contributed by atoms with van der Waals surface area (Å²) in [6.45, 7) is 7.29. The summed E-state index contributed by atoms with van der Waals surface area (Å²) in [5.41, 5.74) is 5.31. The minimum Gasteiger partial charge on any atom is -0.384 e. The lowest BCUT2D eigenvalue weighted by Crippen LogP contribution is -2.38. The van der Waals surface area contributed by atoms with Crippen molar-refractivity contribution in [3.63, 3.8) is 0 Å². The first-order chi connectivity index (χ1) is 8.90. The van der Waals surface area contributed by atoms with Crippen LogP contribution in [0.5, 0.6) is 0 Å². The average molecular weight is 267 g/mol. The van der Waals surface area contributed by atoms with Crippen molar-refractivity contribution in [1.29, 1.82) is 0 Å². The number of benzene rings is 1. The van der Waals surface area contributed by atoms with E-state index in [4.69, 9.17) is 5.73 Å². The van der Waals surface area contributed by atoms with Gasteiger partial charge < -0.3 is 15.7 Å². The number of guanidine groups is 1. The molecule has 0 radical (unpaired) electrons. The summed E-state index contributed by atoms with van der Waals surface area (Å²) in [6, 6.07) is 5.75. The van der Waals surface area contributed by atoms with Gasteiger partial charge in [-0.05, 0) is 38.5 Å². The summed E-state index contributed by atoms with van der Waals surface area (Å²) in [5.74, 6) is 0.0816. The predicted molar refractivity (Wildman–Crippen MR) is 75.4 cm³/mol. The minimum absolute atomic E-state index is 0.140. The van der Waals surface area contributed by atoms with Gasteiger partial charge in [0.25, 0.3) is 0 Å². The van der Waals surface area contributed by atoms with Crippen LogP contribution < -0.4 is 5.73 Å². The van der Waals surface area contributed by atoms with Crippen molar-refractivity contribution in [2.75, 3.05) is 19.6 Å². The molecule has 106 valence electrons. The summed E-state index contributed by atoms with van der Waals surface area (Å²) < 4.78 is 12.9. The van der Waals surface area contributed by atoms with E-state index < -0.39 is 5.60 Å². The zero-order valence-corrected chi connectivity index (χ0v) is 11.7. The lowest BCUT2D eigenvalue weighted by molar-refractivity contribution is 0.0670. The maximum Gasteiger partial charge on any atom is 0.191 e. The normalized spacial score (nSPS) is 15.1. The summed E-state index contributed by atoms with van der Waals surface area (Å²) in [7, 11) is 0. The van der Waals surface area contributed by atoms with Crippen LogP contribution >= 0.6 is 0 Å². The van der Waals surface area contributed by atoms with Crippen molar-refractivity contribution < 1.29 is 9.50 Å². The van der Waals surface area contributed by atoms with Crippen molar-refractivity contribution in [3.8, 4) is 0 Å². The van der Waals surface area contributed by atoms with Crippen molar-refractivity contribution in [1.82, 2.24) is 4.90 Å². The van der Waals surface area contributed by atoms with E-state index in [-0.39, 0.29) is 12.4 Å². The molecule has 1 unspecified atom stereocenters. The van der Waals surface area contributed by atoms with E-state index in [2.05, 4.69) is 4.99 Å². The molecule has 0 saturated carbocycles. The van der Waals surface area contributed by atoms with Crippen LogP contribution in [0.3, 0.4) is 0 Å². The van der Waals surface area contributed by atoms with Crippen molar-refractivity contribution in [2.45, 2.75) is 26.4 Å². The highest BCUT2D eigenvalue weighted by Crippen LogP contribution is 2.21. The van der Waals surface area contributed by atoms with E-state index in [1.165, 1.54) is 12.1 Å². The van der Waals surface area contributed by atoms with Gasteiger partial charge in [0.05, 0.1) is 6.54 Å². The maximum absolute atomic E-state index is 12.9. The van der Waals surface area contributed by atoms with Crippen LogP contribution in [0.2, 0.25) is 0 Å². The third-order valence-electron chi connectivity index (χ3n) is 3.10. The lowest BCUT2D eigenvalue weighted by Gasteiger charge is -2.24. The van der Waals surface area contributed by atoms with E-state index in [0.29, 0.717) is 11.5 Å². The van der Waals surface area contributed by atoms with Crippen LogP contribution in [0.15, 0.2) is 29.3 Å². The van der Waals surface area contributed by atoms with Crippen molar-refractivity contribution >= 4 is 5.96 Å². The number of hydrogen-bond donors (Lipinski definition) is 2. The highest BCUT2D eigenvalue weighted by Gasteiger charge is 2.23. The quantitative estimate of drug-likeness (QED) is 0.630. The Morgan fingerprint density at radius 2 is 1.84 bits per heavy atom.